The molecular weight excluding hydrogens is 342 g/mol. The van der Waals surface area contributed by atoms with E-state index in [0.717, 1.165) is 5.69 Å². The number of thioether (sulfide) groups is 1. The number of benzene rings is 1. The van der Waals surface area contributed by atoms with Gasteiger partial charge in [0, 0.05) is 11.4 Å². The predicted molar refractivity (Wildman–Crippen MR) is 97.3 cm³/mol. The van der Waals surface area contributed by atoms with E-state index in [1.165, 1.54) is 41.1 Å². The predicted octanol–water partition coefficient (Wildman–Crippen LogP) is 3.74. The van der Waals surface area contributed by atoms with Crippen molar-refractivity contribution >= 4 is 45.4 Å². The van der Waals surface area contributed by atoms with Crippen molar-refractivity contribution in [3.05, 3.63) is 29.3 Å². The van der Waals surface area contributed by atoms with E-state index in [0.29, 0.717) is 9.47 Å². The molecule has 0 fully saturated rings. The topological polar surface area (TPSA) is 103 Å². The number of aromatic nitrogens is 2. The van der Waals surface area contributed by atoms with E-state index in [1.54, 1.807) is 0 Å². The number of ketones is 1. The molecule has 0 aliphatic carbocycles. The molecule has 0 saturated heterocycles. The van der Waals surface area contributed by atoms with E-state index in [-0.39, 0.29) is 17.2 Å². The number of carbonyl (C=O) groups is 1. The largest absolute Gasteiger partial charge is 0.330 e. The summed E-state index contributed by atoms with van der Waals surface area (Å²) in [6.45, 7) is 5.57. The van der Waals surface area contributed by atoms with Crippen LogP contribution in [-0.2, 0) is 4.79 Å². The van der Waals surface area contributed by atoms with E-state index in [1.807, 2.05) is 31.2 Å². The SMILES string of the molecule is CC(=N)[C@H](C#N)C(=O)CSc1nnc(Nc2ccc(C)c(C)c2)s1. The molecule has 1 atom stereocenters. The van der Waals surface area contributed by atoms with Crippen LogP contribution >= 0.6 is 23.1 Å². The molecule has 2 N–H and O–H groups in total. The van der Waals surface area contributed by atoms with Gasteiger partial charge >= 0.3 is 0 Å². The molecule has 124 valence electrons. The lowest BCUT2D eigenvalue weighted by Crippen LogP contribution is -2.21. The van der Waals surface area contributed by atoms with Crippen LogP contribution in [0.1, 0.15) is 18.1 Å². The number of Topliss-reactive ketones (excluding diaryl/α,β-unsaturated/α-hetero) is 1. The van der Waals surface area contributed by atoms with Gasteiger partial charge in [-0.3, -0.25) is 4.79 Å². The van der Waals surface area contributed by atoms with Gasteiger partial charge < -0.3 is 10.7 Å². The van der Waals surface area contributed by atoms with Crippen LogP contribution in [0.4, 0.5) is 10.8 Å². The number of anilines is 2. The Morgan fingerprint density at radius 1 is 1.42 bits per heavy atom. The number of nitrogens with one attached hydrogen (secondary N) is 2. The van der Waals surface area contributed by atoms with Crippen molar-refractivity contribution in [2.45, 2.75) is 25.1 Å². The number of hydrogen-bond acceptors (Lipinski definition) is 8. The van der Waals surface area contributed by atoms with Gasteiger partial charge in [-0.25, -0.2) is 0 Å². The molecule has 0 amide bonds. The lowest BCUT2D eigenvalue weighted by atomic mass is 10.0. The third-order valence-corrected chi connectivity index (χ3v) is 5.38. The highest BCUT2D eigenvalue weighted by Gasteiger charge is 2.20. The van der Waals surface area contributed by atoms with E-state index in [2.05, 4.69) is 22.4 Å². The molecule has 1 aromatic heterocycles. The number of aryl methyl sites for hydroxylation is 2. The highest BCUT2D eigenvalue weighted by molar-refractivity contribution is 8.01. The summed E-state index contributed by atoms with van der Waals surface area (Å²) in [6.07, 6.45) is 0. The minimum atomic E-state index is -0.974. The summed E-state index contributed by atoms with van der Waals surface area (Å²) < 4.78 is 0.647. The molecule has 1 heterocycles. The summed E-state index contributed by atoms with van der Waals surface area (Å²) in [6, 6.07) is 7.91. The van der Waals surface area contributed by atoms with Crippen LogP contribution in [0.15, 0.2) is 22.5 Å². The monoisotopic (exact) mass is 359 g/mol. The molecule has 24 heavy (non-hydrogen) atoms. The van der Waals surface area contributed by atoms with Gasteiger partial charge in [-0.2, -0.15) is 5.26 Å². The first-order chi connectivity index (χ1) is 11.4. The Labute approximate surface area is 148 Å². The van der Waals surface area contributed by atoms with Crippen molar-refractivity contribution in [3.8, 4) is 6.07 Å². The molecule has 1 aromatic carbocycles. The summed E-state index contributed by atoms with van der Waals surface area (Å²) in [7, 11) is 0. The van der Waals surface area contributed by atoms with Crippen LogP contribution in [-0.4, -0.2) is 27.4 Å². The summed E-state index contributed by atoms with van der Waals surface area (Å²) in [4.78, 5) is 11.9. The molecule has 0 unspecified atom stereocenters. The molecule has 0 bridgehead atoms. The Morgan fingerprint density at radius 2 is 2.17 bits per heavy atom. The van der Waals surface area contributed by atoms with Gasteiger partial charge in [0.1, 0.15) is 5.92 Å². The first-order valence-corrected chi connectivity index (χ1v) is 8.99. The highest BCUT2D eigenvalue weighted by atomic mass is 32.2. The molecule has 0 aliphatic heterocycles. The van der Waals surface area contributed by atoms with E-state index >= 15 is 0 Å². The first kappa shape index (κ1) is 18.1. The van der Waals surface area contributed by atoms with Gasteiger partial charge in [-0.15, -0.1) is 10.2 Å². The third-order valence-electron chi connectivity index (χ3n) is 3.39. The third kappa shape index (κ3) is 4.63. The number of hydrogen-bond donors (Lipinski definition) is 2. The normalized spacial score (nSPS) is 11.6. The maximum atomic E-state index is 11.9. The zero-order valence-electron chi connectivity index (χ0n) is 13.6. The standard InChI is InChI=1S/C16H17N5OS2/c1-9-4-5-12(6-10(9)2)19-15-20-21-16(24-15)23-8-14(22)13(7-17)11(3)18/h4-6,13,18H,8H2,1-3H3,(H,19,20)/t13-/m0/s1. The maximum absolute atomic E-state index is 11.9. The van der Waals surface area contributed by atoms with E-state index < -0.39 is 5.92 Å². The fourth-order valence-electron chi connectivity index (χ4n) is 1.89. The number of carbonyl (C=O) groups excluding carboxylic acids is 1. The molecule has 2 rings (SSSR count). The zero-order chi connectivity index (χ0) is 17.7. The maximum Gasteiger partial charge on any atom is 0.210 e. The van der Waals surface area contributed by atoms with Gasteiger partial charge in [0.2, 0.25) is 5.13 Å². The van der Waals surface area contributed by atoms with Crippen molar-refractivity contribution in [1.29, 1.82) is 10.7 Å². The Hall–Kier alpha value is -2.24. The van der Waals surface area contributed by atoms with E-state index in [9.17, 15) is 4.79 Å². The zero-order valence-corrected chi connectivity index (χ0v) is 15.2. The van der Waals surface area contributed by atoms with Gasteiger partial charge in [0.25, 0.3) is 0 Å². The van der Waals surface area contributed by atoms with Crippen molar-refractivity contribution < 1.29 is 4.79 Å². The summed E-state index contributed by atoms with van der Waals surface area (Å²) in [5.41, 5.74) is 3.42. The van der Waals surface area contributed by atoms with Gasteiger partial charge in [-0.05, 0) is 44.0 Å². The second-order valence-corrected chi connectivity index (χ2v) is 7.50. The molecule has 6 nitrogen and oxygen atoms in total. The Kier molecular flexibility index (Phi) is 6.06. The van der Waals surface area contributed by atoms with Crippen LogP contribution in [0.2, 0.25) is 0 Å². The second kappa shape index (κ2) is 8.04. The molecule has 0 saturated carbocycles. The molecule has 0 aliphatic rings. The summed E-state index contributed by atoms with van der Waals surface area (Å²) in [5.74, 6) is -1.15. The van der Waals surface area contributed by atoms with Gasteiger partial charge in [-0.1, -0.05) is 29.2 Å². The first-order valence-electron chi connectivity index (χ1n) is 7.18. The highest BCUT2D eigenvalue weighted by Crippen LogP contribution is 2.28. The minimum absolute atomic E-state index is 0.0671. The fourth-order valence-corrected chi connectivity index (χ4v) is 3.57. The summed E-state index contributed by atoms with van der Waals surface area (Å²) >= 11 is 2.58. The summed E-state index contributed by atoms with van der Waals surface area (Å²) in [5, 5.41) is 28.3. The molecule has 0 radical (unpaired) electrons. The molecule has 8 heteroatoms. The average molecular weight is 359 g/mol. The minimum Gasteiger partial charge on any atom is -0.330 e. The molecule has 2 aromatic rings. The Bertz CT molecular complexity index is 809. The fraction of sp³-hybridized carbons (Fsp3) is 0.312. The molecule has 0 spiro atoms. The van der Waals surface area contributed by atoms with Crippen LogP contribution < -0.4 is 5.32 Å². The average Bonchev–Trinajstić information content (AvgIpc) is 2.97. The number of rotatable bonds is 7. The second-order valence-electron chi connectivity index (χ2n) is 5.30. The van der Waals surface area contributed by atoms with Crippen LogP contribution in [0.25, 0.3) is 0 Å². The van der Waals surface area contributed by atoms with Crippen LogP contribution in [0, 0.1) is 36.5 Å². The Morgan fingerprint density at radius 3 is 2.79 bits per heavy atom. The smallest absolute Gasteiger partial charge is 0.210 e. The lowest BCUT2D eigenvalue weighted by molar-refractivity contribution is -0.117. The lowest BCUT2D eigenvalue weighted by Gasteiger charge is -2.05. The Balaban J connectivity index is 1.96. The number of nitriles is 1. The quantitative estimate of drug-likeness (QED) is 0.577. The van der Waals surface area contributed by atoms with Crippen molar-refractivity contribution in [2.75, 3.05) is 11.1 Å². The van der Waals surface area contributed by atoms with E-state index in [4.69, 9.17) is 10.7 Å². The van der Waals surface area contributed by atoms with Crippen LogP contribution in [0.3, 0.4) is 0 Å². The van der Waals surface area contributed by atoms with Gasteiger partial charge in [0.15, 0.2) is 10.1 Å². The van der Waals surface area contributed by atoms with Crippen molar-refractivity contribution in [1.82, 2.24) is 10.2 Å². The van der Waals surface area contributed by atoms with Crippen molar-refractivity contribution in [3.63, 3.8) is 0 Å². The van der Waals surface area contributed by atoms with Crippen LogP contribution in [0.5, 0.6) is 0 Å². The van der Waals surface area contributed by atoms with Crippen molar-refractivity contribution in [2.24, 2.45) is 5.92 Å². The molecular formula is C16H17N5OS2. The van der Waals surface area contributed by atoms with Gasteiger partial charge in [0.05, 0.1) is 11.8 Å². The number of nitrogens with zero attached hydrogens (tertiary/aromatic N) is 3.